The van der Waals surface area contributed by atoms with Crippen LogP contribution in [0, 0.1) is 5.82 Å². The van der Waals surface area contributed by atoms with Crippen LogP contribution in [-0.4, -0.2) is 53.1 Å². The van der Waals surface area contributed by atoms with Gasteiger partial charge in [-0.1, -0.05) is 6.07 Å². The number of nitrogens with one attached hydrogen (secondary N) is 2. The molecule has 168 valence electrons. The van der Waals surface area contributed by atoms with E-state index in [9.17, 15) is 18.8 Å². The summed E-state index contributed by atoms with van der Waals surface area (Å²) >= 11 is 7.13. The fourth-order valence-corrected chi connectivity index (χ4v) is 4.21. The molecular weight excluding hydrogens is 451 g/mol. The van der Waals surface area contributed by atoms with Gasteiger partial charge in [0.25, 0.3) is 5.91 Å². The van der Waals surface area contributed by atoms with Crippen LogP contribution in [0.4, 0.5) is 15.8 Å². The number of nitrogens with zero attached hydrogens (tertiary/aromatic N) is 2. The highest BCUT2D eigenvalue weighted by Crippen LogP contribution is 2.29. The molecule has 1 aliphatic heterocycles. The third-order valence-electron chi connectivity index (χ3n) is 4.86. The minimum absolute atomic E-state index is 0.144. The van der Waals surface area contributed by atoms with Gasteiger partial charge in [-0.05, 0) is 60.9 Å². The Hall–Kier alpha value is -2.98. The lowest BCUT2D eigenvalue weighted by molar-refractivity contribution is -0.124. The van der Waals surface area contributed by atoms with Crippen molar-refractivity contribution in [3.63, 3.8) is 0 Å². The molecule has 0 radical (unpaired) electrons. The van der Waals surface area contributed by atoms with Crippen LogP contribution in [0.5, 0.6) is 0 Å². The Kier molecular flexibility index (Phi) is 7.81. The van der Waals surface area contributed by atoms with E-state index in [0.29, 0.717) is 11.4 Å². The second-order valence-electron chi connectivity index (χ2n) is 7.11. The van der Waals surface area contributed by atoms with Gasteiger partial charge in [0.05, 0.1) is 12.1 Å². The molecule has 2 aromatic carbocycles. The van der Waals surface area contributed by atoms with Gasteiger partial charge in [-0.25, -0.2) is 4.39 Å². The van der Waals surface area contributed by atoms with Crippen LogP contribution in [0.3, 0.4) is 0 Å². The largest absolute Gasteiger partial charge is 0.355 e. The zero-order valence-electron chi connectivity index (χ0n) is 17.6. The minimum Gasteiger partial charge on any atom is -0.355 e. The van der Waals surface area contributed by atoms with E-state index in [1.165, 1.54) is 36.1 Å². The number of anilines is 2. The zero-order chi connectivity index (χ0) is 23.3. The van der Waals surface area contributed by atoms with Crippen LogP contribution in [-0.2, 0) is 14.4 Å². The lowest BCUT2D eigenvalue weighted by Gasteiger charge is -2.24. The maximum Gasteiger partial charge on any atom is 0.256 e. The predicted octanol–water partition coefficient (Wildman–Crippen LogP) is 3.01. The molecule has 0 saturated carbocycles. The molecule has 7 nitrogen and oxygen atoms in total. The first-order valence-corrected chi connectivity index (χ1v) is 11.5. The first kappa shape index (κ1) is 23.7. The van der Waals surface area contributed by atoms with Crippen molar-refractivity contribution < 1.29 is 18.8 Å². The number of carbonyl (C=O) groups is 3. The smallest absolute Gasteiger partial charge is 0.256 e. The van der Waals surface area contributed by atoms with E-state index < -0.39 is 17.8 Å². The minimum atomic E-state index is -0.824. The molecule has 3 amide bonds. The SMILES string of the molecule is CSc1cccc(N2C(=O)[C@H](CC(=O)Nc3ccc(F)cc3)N(CCNC(C)=O)C2=S)c1. The van der Waals surface area contributed by atoms with Crippen molar-refractivity contribution in [1.82, 2.24) is 10.2 Å². The van der Waals surface area contributed by atoms with Crippen LogP contribution >= 0.6 is 24.0 Å². The highest BCUT2D eigenvalue weighted by molar-refractivity contribution is 7.98. The van der Waals surface area contributed by atoms with E-state index in [-0.39, 0.29) is 36.4 Å². The van der Waals surface area contributed by atoms with Gasteiger partial charge in [0.2, 0.25) is 11.8 Å². The molecule has 0 bridgehead atoms. The van der Waals surface area contributed by atoms with Crippen molar-refractivity contribution >= 4 is 58.2 Å². The van der Waals surface area contributed by atoms with Gasteiger partial charge >= 0.3 is 0 Å². The van der Waals surface area contributed by atoms with Gasteiger partial charge in [0.15, 0.2) is 5.11 Å². The molecule has 2 N–H and O–H groups in total. The van der Waals surface area contributed by atoms with Crippen molar-refractivity contribution in [3.05, 3.63) is 54.3 Å². The second-order valence-corrected chi connectivity index (χ2v) is 8.35. The highest BCUT2D eigenvalue weighted by atomic mass is 32.2. The Balaban J connectivity index is 1.81. The molecule has 0 unspecified atom stereocenters. The molecule has 1 aliphatic rings. The summed E-state index contributed by atoms with van der Waals surface area (Å²) in [6.07, 6.45) is 1.79. The number of hydrogen-bond donors (Lipinski definition) is 2. The molecule has 3 rings (SSSR count). The normalized spacial score (nSPS) is 15.8. The third-order valence-corrected chi connectivity index (χ3v) is 6.01. The molecule has 1 atom stereocenters. The number of benzene rings is 2. The van der Waals surface area contributed by atoms with Crippen LogP contribution in [0.1, 0.15) is 13.3 Å². The number of carbonyl (C=O) groups excluding carboxylic acids is 3. The summed E-state index contributed by atoms with van der Waals surface area (Å²) in [6, 6.07) is 12.0. The Labute approximate surface area is 195 Å². The molecule has 1 saturated heterocycles. The van der Waals surface area contributed by atoms with Crippen LogP contribution in [0.15, 0.2) is 53.4 Å². The van der Waals surface area contributed by atoms with Crippen molar-refractivity contribution in [2.45, 2.75) is 24.3 Å². The number of thiocarbonyl (C=S) groups is 1. The summed E-state index contributed by atoms with van der Waals surface area (Å²) in [4.78, 5) is 41.3. The maximum absolute atomic E-state index is 13.3. The van der Waals surface area contributed by atoms with E-state index in [4.69, 9.17) is 12.2 Å². The van der Waals surface area contributed by atoms with Crippen LogP contribution in [0.25, 0.3) is 0 Å². The van der Waals surface area contributed by atoms with E-state index >= 15 is 0 Å². The van der Waals surface area contributed by atoms with Gasteiger partial charge in [-0.15, -0.1) is 11.8 Å². The van der Waals surface area contributed by atoms with Crippen molar-refractivity contribution in [1.29, 1.82) is 0 Å². The van der Waals surface area contributed by atoms with E-state index in [1.54, 1.807) is 22.7 Å². The van der Waals surface area contributed by atoms with Gasteiger partial charge in [0, 0.05) is 30.6 Å². The quantitative estimate of drug-likeness (QED) is 0.452. The van der Waals surface area contributed by atoms with Crippen LogP contribution in [0.2, 0.25) is 0 Å². The molecule has 1 heterocycles. The van der Waals surface area contributed by atoms with Gasteiger partial charge in [-0.2, -0.15) is 0 Å². The second kappa shape index (κ2) is 10.6. The molecule has 0 aromatic heterocycles. The number of halogens is 1. The third kappa shape index (κ3) is 5.63. The monoisotopic (exact) mass is 474 g/mol. The first-order chi connectivity index (χ1) is 15.3. The Morgan fingerprint density at radius 2 is 1.91 bits per heavy atom. The Bertz CT molecular complexity index is 1030. The Morgan fingerprint density at radius 1 is 1.19 bits per heavy atom. The van der Waals surface area contributed by atoms with Gasteiger partial charge < -0.3 is 15.5 Å². The summed E-state index contributed by atoms with van der Waals surface area (Å²) in [6.45, 7) is 1.95. The molecule has 0 aliphatic carbocycles. The highest BCUT2D eigenvalue weighted by Gasteiger charge is 2.44. The molecule has 10 heteroatoms. The zero-order valence-corrected chi connectivity index (χ0v) is 19.3. The average Bonchev–Trinajstić information content (AvgIpc) is 2.99. The van der Waals surface area contributed by atoms with E-state index in [0.717, 1.165) is 4.90 Å². The Morgan fingerprint density at radius 3 is 2.56 bits per heavy atom. The molecule has 0 spiro atoms. The van der Waals surface area contributed by atoms with Crippen molar-refractivity contribution in [2.75, 3.05) is 29.6 Å². The van der Waals surface area contributed by atoms with Crippen molar-refractivity contribution in [3.8, 4) is 0 Å². The lowest BCUT2D eigenvalue weighted by atomic mass is 10.1. The number of thioether (sulfide) groups is 1. The molecular formula is C22H23FN4O3S2. The van der Waals surface area contributed by atoms with Gasteiger partial charge in [0.1, 0.15) is 11.9 Å². The maximum atomic E-state index is 13.3. The molecule has 1 fully saturated rings. The topological polar surface area (TPSA) is 81.8 Å². The fourth-order valence-electron chi connectivity index (χ4n) is 3.35. The first-order valence-electron chi connectivity index (χ1n) is 9.88. The summed E-state index contributed by atoms with van der Waals surface area (Å²) in [5, 5.41) is 5.65. The van der Waals surface area contributed by atoms with E-state index in [1.807, 2.05) is 24.5 Å². The number of amides is 3. The summed E-state index contributed by atoms with van der Waals surface area (Å²) in [5.41, 5.74) is 1.05. The number of rotatable bonds is 8. The van der Waals surface area contributed by atoms with Crippen LogP contribution < -0.4 is 15.5 Å². The van der Waals surface area contributed by atoms with E-state index in [2.05, 4.69) is 10.6 Å². The lowest BCUT2D eigenvalue weighted by Crippen LogP contribution is -2.42. The summed E-state index contributed by atoms with van der Waals surface area (Å²) < 4.78 is 13.1. The van der Waals surface area contributed by atoms with Gasteiger partial charge in [-0.3, -0.25) is 19.3 Å². The molecule has 2 aromatic rings. The standard InChI is InChI=1S/C22H23FN4O3S2/c1-14(28)24-10-11-26-19(13-20(29)25-16-8-6-15(23)7-9-16)21(30)27(22(26)31)17-4-3-5-18(12-17)32-2/h3-9,12,19H,10-11,13H2,1-2H3,(H,24,28)(H,25,29)/t19-/m0/s1. The summed E-state index contributed by atoms with van der Waals surface area (Å²) in [7, 11) is 0. The summed E-state index contributed by atoms with van der Waals surface area (Å²) in [5.74, 6) is -1.32. The average molecular weight is 475 g/mol. The molecule has 32 heavy (non-hydrogen) atoms. The fraction of sp³-hybridized carbons (Fsp3) is 0.273. The van der Waals surface area contributed by atoms with Crippen molar-refractivity contribution in [2.24, 2.45) is 0 Å². The predicted molar refractivity (Wildman–Crippen MR) is 127 cm³/mol. The number of hydrogen-bond acceptors (Lipinski definition) is 5.